The van der Waals surface area contributed by atoms with Crippen LogP contribution in [0.5, 0.6) is 5.75 Å². The third kappa shape index (κ3) is 4.02. The molecule has 26 heavy (non-hydrogen) atoms. The number of hydrogen-bond donors (Lipinski definition) is 1. The molecule has 136 valence electrons. The minimum absolute atomic E-state index is 0.0222. The van der Waals surface area contributed by atoms with Crippen molar-refractivity contribution >= 4 is 11.8 Å². The molecule has 1 fully saturated rings. The first kappa shape index (κ1) is 17.9. The van der Waals surface area contributed by atoms with E-state index in [1.54, 1.807) is 42.3 Å². The summed E-state index contributed by atoms with van der Waals surface area (Å²) >= 11 is 0. The van der Waals surface area contributed by atoms with E-state index < -0.39 is 0 Å². The molecule has 1 heterocycles. The number of nitrogens with zero attached hydrogens (tertiary/aromatic N) is 1. The first-order valence-electron chi connectivity index (χ1n) is 8.44. The van der Waals surface area contributed by atoms with Crippen molar-refractivity contribution in [2.45, 2.75) is 25.9 Å². The SMILES string of the molecule is COc1ccc(C(=O)NC2CC(=O)N(Cc3ccc(F)cc3)C2)c(C)c1. The zero-order valence-electron chi connectivity index (χ0n) is 14.8. The van der Waals surface area contributed by atoms with Gasteiger partial charge in [0.15, 0.2) is 0 Å². The van der Waals surface area contributed by atoms with Gasteiger partial charge in [-0.05, 0) is 48.4 Å². The quantitative estimate of drug-likeness (QED) is 0.896. The summed E-state index contributed by atoms with van der Waals surface area (Å²) in [5.74, 6) is 0.166. The third-order valence-electron chi connectivity index (χ3n) is 4.51. The van der Waals surface area contributed by atoms with Gasteiger partial charge in [0, 0.05) is 25.1 Å². The van der Waals surface area contributed by atoms with Crippen LogP contribution in [-0.2, 0) is 11.3 Å². The van der Waals surface area contributed by atoms with E-state index in [0.717, 1.165) is 11.1 Å². The average molecular weight is 356 g/mol. The molecular weight excluding hydrogens is 335 g/mol. The maximum atomic E-state index is 13.0. The number of carbonyl (C=O) groups is 2. The standard InChI is InChI=1S/C20H21FN2O3/c1-13-9-17(26-2)7-8-18(13)20(25)22-16-10-19(24)23(12-16)11-14-3-5-15(21)6-4-14/h3-9,16H,10-12H2,1-2H3,(H,22,25). The van der Waals surface area contributed by atoms with Gasteiger partial charge < -0.3 is 15.0 Å². The Morgan fingerprint density at radius 2 is 2.00 bits per heavy atom. The summed E-state index contributed by atoms with van der Waals surface area (Å²) in [4.78, 5) is 26.4. The fraction of sp³-hybridized carbons (Fsp3) is 0.300. The number of benzene rings is 2. The lowest BCUT2D eigenvalue weighted by molar-refractivity contribution is -0.128. The lowest BCUT2D eigenvalue weighted by atomic mass is 10.1. The van der Waals surface area contributed by atoms with Crippen molar-refractivity contribution in [2.75, 3.05) is 13.7 Å². The Labute approximate surface area is 151 Å². The average Bonchev–Trinajstić information content (AvgIpc) is 2.95. The van der Waals surface area contributed by atoms with E-state index in [2.05, 4.69) is 5.32 Å². The van der Waals surface area contributed by atoms with Gasteiger partial charge in [-0.3, -0.25) is 9.59 Å². The molecule has 0 spiro atoms. The van der Waals surface area contributed by atoms with Crippen LogP contribution in [0.15, 0.2) is 42.5 Å². The Morgan fingerprint density at radius 3 is 2.65 bits per heavy atom. The van der Waals surface area contributed by atoms with Gasteiger partial charge in [-0.2, -0.15) is 0 Å². The van der Waals surface area contributed by atoms with Crippen molar-refractivity contribution in [3.05, 3.63) is 65.0 Å². The predicted octanol–water partition coefficient (Wildman–Crippen LogP) is 2.67. The monoisotopic (exact) mass is 356 g/mol. The van der Waals surface area contributed by atoms with Crippen LogP contribution in [0, 0.1) is 12.7 Å². The molecule has 1 unspecified atom stereocenters. The smallest absolute Gasteiger partial charge is 0.251 e. The number of carbonyl (C=O) groups excluding carboxylic acids is 2. The van der Waals surface area contributed by atoms with E-state index in [4.69, 9.17) is 4.74 Å². The van der Waals surface area contributed by atoms with Gasteiger partial charge in [0.05, 0.1) is 13.2 Å². The number of nitrogens with one attached hydrogen (secondary N) is 1. The maximum Gasteiger partial charge on any atom is 0.251 e. The topological polar surface area (TPSA) is 58.6 Å². The number of halogens is 1. The summed E-state index contributed by atoms with van der Waals surface area (Å²) in [6.45, 7) is 2.70. The highest BCUT2D eigenvalue weighted by molar-refractivity contribution is 5.96. The summed E-state index contributed by atoms with van der Waals surface area (Å²) in [7, 11) is 1.58. The molecule has 0 aliphatic carbocycles. The van der Waals surface area contributed by atoms with Gasteiger partial charge in [0.25, 0.3) is 5.91 Å². The first-order chi connectivity index (χ1) is 12.5. The van der Waals surface area contributed by atoms with Crippen LogP contribution < -0.4 is 10.1 Å². The number of ether oxygens (including phenoxy) is 1. The van der Waals surface area contributed by atoms with Gasteiger partial charge in [0.2, 0.25) is 5.91 Å². The second-order valence-corrected chi connectivity index (χ2v) is 6.46. The Kier molecular flexibility index (Phi) is 5.21. The predicted molar refractivity (Wildman–Crippen MR) is 95.4 cm³/mol. The van der Waals surface area contributed by atoms with Crippen molar-refractivity contribution < 1.29 is 18.7 Å². The molecule has 6 heteroatoms. The molecule has 0 radical (unpaired) electrons. The minimum Gasteiger partial charge on any atom is -0.497 e. The highest BCUT2D eigenvalue weighted by atomic mass is 19.1. The fourth-order valence-corrected chi connectivity index (χ4v) is 3.11. The number of hydrogen-bond acceptors (Lipinski definition) is 3. The second kappa shape index (κ2) is 7.56. The molecule has 3 rings (SSSR count). The van der Waals surface area contributed by atoms with E-state index >= 15 is 0 Å². The van der Waals surface area contributed by atoms with Gasteiger partial charge in [-0.15, -0.1) is 0 Å². The normalized spacial score (nSPS) is 16.7. The third-order valence-corrected chi connectivity index (χ3v) is 4.51. The number of likely N-dealkylation sites (tertiary alicyclic amines) is 1. The Hall–Kier alpha value is -2.89. The lowest BCUT2D eigenvalue weighted by Crippen LogP contribution is -2.37. The largest absolute Gasteiger partial charge is 0.497 e. The number of methoxy groups -OCH3 is 1. The van der Waals surface area contributed by atoms with E-state index in [0.29, 0.717) is 24.4 Å². The second-order valence-electron chi connectivity index (χ2n) is 6.46. The van der Waals surface area contributed by atoms with Gasteiger partial charge >= 0.3 is 0 Å². The molecule has 0 saturated carbocycles. The van der Waals surface area contributed by atoms with E-state index in [-0.39, 0.29) is 30.1 Å². The molecule has 0 bridgehead atoms. The van der Waals surface area contributed by atoms with Crippen LogP contribution in [0.3, 0.4) is 0 Å². The summed E-state index contributed by atoms with van der Waals surface area (Å²) in [6.07, 6.45) is 0.266. The highest BCUT2D eigenvalue weighted by Gasteiger charge is 2.31. The summed E-state index contributed by atoms with van der Waals surface area (Å²) < 4.78 is 18.1. The Bertz CT molecular complexity index is 820. The first-order valence-corrected chi connectivity index (χ1v) is 8.44. The molecule has 2 aromatic carbocycles. The van der Waals surface area contributed by atoms with E-state index in [1.807, 2.05) is 6.92 Å². The van der Waals surface area contributed by atoms with Crippen LogP contribution in [0.2, 0.25) is 0 Å². The van der Waals surface area contributed by atoms with Crippen LogP contribution >= 0.6 is 0 Å². The maximum absolute atomic E-state index is 13.0. The number of rotatable bonds is 5. The van der Waals surface area contributed by atoms with Crippen molar-refractivity contribution in [3.63, 3.8) is 0 Å². The van der Waals surface area contributed by atoms with Gasteiger partial charge in [-0.25, -0.2) is 4.39 Å². The lowest BCUT2D eigenvalue weighted by Gasteiger charge is -2.17. The molecule has 0 aromatic heterocycles. The van der Waals surface area contributed by atoms with Crippen LogP contribution in [0.4, 0.5) is 4.39 Å². The molecular formula is C20H21FN2O3. The van der Waals surface area contributed by atoms with Gasteiger partial charge in [-0.1, -0.05) is 12.1 Å². The molecule has 2 amide bonds. The van der Waals surface area contributed by atoms with Crippen molar-refractivity contribution in [1.82, 2.24) is 10.2 Å². The molecule has 1 atom stereocenters. The zero-order valence-corrected chi connectivity index (χ0v) is 14.8. The van der Waals surface area contributed by atoms with E-state index in [1.165, 1.54) is 12.1 Å². The Morgan fingerprint density at radius 1 is 1.27 bits per heavy atom. The molecule has 1 N–H and O–H groups in total. The number of amides is 2. The zero-order chi connectivity index (χ0) is 18.7. The van der Waals surface area contributed by atoms with Gasteiger partial charge in [0.1, 0.15) is 11.6 Å². The fourth-order valence-electron chi connectivity index (χ4n) is 3.11. The van der Waals surface area contributed by atoms with Crippen molar-refractivity contribution in [2.24, 2.45) is 0 Å². The van der Waals surface area contributed by atoms with Crippen LogP contribution in [-0.4, -0.2) is 36.4 Å². The van der Waals surface area contributed by atoms with Crippen molar-refractivity contribution in [3.8, 4) is 5.75 Å². The van der Waals surface area contributed by atoms with E-state index in [9.17, 15) is 14.0 Å². The molecule has 1 aliphatic heterocycles. The molecule has 1 aliphatic rings. The molecule has 5 nitrogen and oxygen atoms in total. The van der Waals surface area contributed by atoms with Crippen LogP contribution in [0.1, 0.15) is 27.9 Å². The van der Waals surface area contributed by atoms with Crippen molar-refractivity contribution in [1.29, 1.82) is 0 Å². The molecule has 2 aromatic rings. The highest BCUT2D eigenvalue weighted by Crippen LogP contribution is 2.19. The minimum atomic E-state index is -0.304. The summed E-state index contributed by atoms with van der Waals surface area (Å²) in [5.41, 5.74) is 2.24. The Balaban J connectivity index is 1.61. The van der Waals surface area contributed by atoms with Crippen LogP contribution in [0.25, 0.3) is 0 Å². The molecule has 1 saturated heterocycles. The summed E-state index contributed by atoms with van der Waals surface area (Å²) in [6, 6.07) is 11.1. The summed E-state index contributed by atoms with van der Waals surface area (Å²) in [5, 5.41) is 2.93. The number of aryl methyl sites for hydroxylation is 1.